The highest BCUT2D eigenvalue weighted by Gasteiger charge is 2.14. The minimum atomic E-state index is -0.806. The zero-order chi connectivity index (χ0) is 47.1. The maximum atomic E-state index is 12.3. The molecule has 65 heavy (non-hydrogen) atoms. The summed E-state index contributed by atoms with van der Waals surface area (Å²) in [5, 5.41) is 18.9. The maximum absolute atomic E-state index is 12.3. The van der Waals surface area contributed by atoms with Gasteiger partial charge in [-0.05, 0) is 96.3 Å². The van der Waals surface area contributed by atoms with Crippen LogP contribution >= 0.6 is 0 Å². The molecule has 0 atom stereocenters. The molecule has 0 radical (unpaired) electrons. The van der Waals surface area contributed by atoms with Gasteiger partial charge in [0.1, 0.15) is 74.4 Å². The Morgan fingerprint density at radius 2 is 0.938 bits per heavy atom. The Kier molecular flexibility index (Phi) is 19.9. The second-order valence-corrected chi connectivity index (χ2v) is 15.0. The summed E-state index contributed by atoms with van der Waals surface area (Å²) >= 11 is 0. The molecule has 14 nitrogen and oxygen atoms in total. The fourth-order valence-corrected chi connectivity index (χ4v) is 5.75. The van der Waals surface area contributed by atoms with E-state index in [1.807, 2.05) is 121 Å². The van der Waals surface area contributed by atoms with E-state index >= 15 is 0 Å². The lowest BCUT2D eigenvalue weighted by atomic mass is 10.0. The molecule has 0 aliphatic heterocycles. The number of likely N-dealkylation sites (N-methyl/N-ethyl adjacent to an activating group) is 2. The quantitative estimate of drug-likeness (QED) is 0.0222. The number of hydrogen-bond acceptors (Lipinski definition) is 14. The van der Waals surface area contributed by atoms with Crippen LogP contribution in [0.2, 0.25) is 0 Å². The van der Waals surface area contributed by atoms with Gasteiger partial charge in [-0.15, -0.1) is 0 Å². The molecule has 4 aromatic rings. The molecule has 0 N–H and O–H groups in total. The minimum Gasteiger partial charge on any atom is -0.492 e. The zero-order valence-corrected chi connectivity index (χ0v) is 37.4. The van der Waals surface area contributed by atoms with Crippen molar-refractivity contribution in [3.8, 4) is 23.6 Å². The summed E-state index contributed by atoms with van der Waals surface area (Å²) in [6, 6.07) is 34.5. The fourth-order valence-electron chi connectivity index (χ4n) is 5.75. The van der Waals surface area contributed by atoms with Crippen molar-refractivity contribution in [2.75, 3.05) is 76.6 Å². The van der Waals surface area contributed by atoms with Gasteiger partial charge in [-0.2, -0.15) is 10.5 Å². The van der Waals surface area contributed by atoms with E-state index in [1.165, 1.54) is 19.1 Å². The lowest BCUT2D eigenvalue weighted by Gasteiger charge is -2.20. The van der Waals surface area contributed by atoms with E-state index in [-0.39, 0.29) is 55.0 Å². The number of nitriles is 2. The molecule has 4 aromatic carbocycles. The summed E-state index contributed by atoms with van der Waals surface area (Å²) in [4.78, 5) is 51.7. The number of esters is 4. The standard InChI is InChI=1S/C51H54N4O10/c1-36(2)48(56)62-27-29-64-50(58)42(34-52)32-40-7-15-44(16-8-40)54(5)23-25-60-46-19-11-38(12-20-46)31-39-13-21-47(22-14-39)61-26-24-55(6)45-17-9-41(10-18-45)33-43(35-53)51(59)65-30-28-63-49(57)37(3)4/h7-22,32-33,37H,1,23-31H2,2-6H3/b42-32+,43-33+. The molecule has 0 saturated heterocycles. The van der Waals surface area contributed by atoms with Gasteiger partial charge in [0, 0.05) is 31.0 Å². The van der Waals surface area contributed by atoms with Gasteiger partial charge in [0.2, 0.25) is 0 Å². The summed E-state index contributed by atoms with van der Waals surface area (Å²) < 4.78 is 32.0. The summed E-state index contributed by atoms with van der Waals surface area (Å²) in [6.07, 6.45) is 3.64. The highest BCUT2D eigenvalue weighted by atomic mass is 16.6. The summed E-state index contributed by atoms with van der Waals surface area (Å²) in [5.74, 6) is -1.31. The Hall–Kier alpha value is -7.84. The van der Waals surface area contributed by atoms with Gasteiger partial charge < -0.3 is 38.2 Å². The maximum Gasteiger partial charge on any atom is 0.349 e. The first kappa shape index (κ1) is 49.8. The summed E-state index contributed by atoms with van der Waals surface area (Å²) in [6.45, 7) is 10.0. The Bertz CT molecular complexity index is 2380. The molecule has 0 aliphatic carbocycles. The van der Waals surface area contributed by atoms with Crippen LogP contribution in [-0.2, 0) is 44.5 Å². The Morgan fingerprint density at radius 1 is 0.569 bits per heavy atom. The Morgan fingerprint density at radius 3 is 1.29 bits per heavy atom. The molecule has 0 amide bonds. The molecular formula is C51H54N4O10. The predicted molar refractivity (Wildman–Crippen MR) is 247 cm³/mol. The number of hydrogen-bond donors (Lipinski definition) is 0. The van der Waals surface area contributed by atoms with E-state index in [0.29, 0.717) is 37.4 Å². The van der Waals surface area contributed by atoms with E-state index in [0.717, 1.165) is 40.4 Å². The first-order valence-electron chi connectivity index (χ1n) is 20.9. The van der Waals surface area contributed by atoms with Gasteiger partial charge >= 0.3 is 23.9 Å². The van der Waals surface area contributed by atoms with Crippen molar-refractivity contribution in [3.63, 3.8) is 0 Å². The molecule has 0 fully saturated rings. The summed E-state index contributed by atoms with van der Waals surface area (Å²) in [7, 11) is 3.90. The monoisotopic (exact) mass is 882 g/mol. The van der Waals surface area contributed by atoms with Crippen molar-refractivity contribution >= 4 is 47.4 Å². The van der Waals surface area contributed by atoms with Crippen LogP contribution in [0.3, 0.4) is 0 Å². The normalized spacial score (nSPS) is 11.1. The van der Waals surface area contributed by atoms with Crippen molar-refractivity contribution in [2.24, 2.45) is 5.92 Å². The number of carbonyl (C=O) groups is 4. The largest absolute Gasteiger partial charge is 0.492 e. The Labute approximate surface area is 380 Å². The molecule has 14 heteroatoms. The van der Waals surface area contributed by atoms with E-state index < -0.39 is 17.9 Å². The average molecular weight is 883 g/mol. The van der Waals surface area contributed by atoms with Gasteiger partial charge in [0.05, 0.1) is 19.0 Å². The van der Waals surface area contributed by atoms with Crippen molar-refractivity contribution in [1.82, 2.24) is 0 Å². The molecule has 0 aliphatic rings. The van der Waals surface area contributed by atoms with Crippen LogP contribution in [0.1, 0.15) is 43.0 Å². The molecule has 0 spiro atoms. The van der Waals surface area contributed by atoms with Crippen LogP contribution in [0.25, 0.3) is 12.2 Å². The lowest BCUT2D eigenvalue weighted by molar-refractivity contribution is -0.152. The minimum absolute atomic E-state index is 0.0743. The van der Waals surface area contributed by atoms with E-state index in [2.05, 4.69) is 6.58 Å². The summed E-state index contributed by atoms with van der Waals surface area (Å²) in [5.41, 5.74) is 5.37. The SMILES string of the molecule is C=C(C)C(=O)OCCOC(=O)/C(C#N)=C/c1ccc(N(C)CCOc2ccc(Cc3ccc(OCCN(C)c4ccc(/C=C(\C#N)C(=O)OCCOC(=O)C(C)C)cc4)cc3)cc2)cc1. The van der Waals surface area contributed by atoms with Crippen molar-refractivity contribution in [2.45, 2.75) is 27.2 Å². The highest BCUT2D eigenvalue weighted by Crippen LogP contribution is 2.21. The number of anilines is 2. The number of ether oxygens (including phenoxy) is 6. The van der Waals surface area contributed by atoms with E-state index in [1.54, 1.807) is 26.0 Å². The first-order chi connectivity index (χ1) is 31.3. The van der Waals surface area contributed by atoms with Crippen molar-refractivity contribution < 1.29 is 47.6 Å². The van der Waals surface area contributed by atoms with Gasteiger partial charge in [-0.25, -0.2) is 14.4 Å². The number of benzene rings is 4. The number of nitrogens with zero attached hydrogens (tertiary/aromatic N) is 4. The van der Waals surface area contributed by atoms with Gasteiger partial charge in [-0.1, -0.05) is 69.0 Å². The van der Waals surface area contributed by atoms with E-state index in [9.17, 15) is 29.7 Å². The van der Waals surface area contributed by atoms with Gasteiger partial charge in [0.15, 0.2) is 0 Å². The van der Waals surface area contributed by atoms with Crippen LogP contribution in [0, 0.1) is 28.6 Å². The first-order valence-corrected chi connectivity index (χ1v) is 20.9. The molecule has 0 bridgehead atoms. The van der Waals surface area contributed by atoms with Gasteiger partial charge in [-0.3, -0.25) is 4.79 Å². The van der Waals surface area contributed by atoms with Crippen LogP contribution in [-0.4, -0.2) is 90.7 Å². The average Bonchev–Trinajstić information content (AvgIpc) is 3.31. The molecular weight excluding hydrogens is 829 g/mol. The molecule has 338 valence electrons. The van der Waals surface area contributed by atoms with Gasteiger partial charge in [0.25, 0.3) is 0 Å². The van der Waals surface area contributed by atoms with Crippen molar-refractivity contribution in [1.29, 1.82) is 10.5 Å². The van der Waals surface area contributed by atoms with Crippen molar-refractivity contribution in [3.05, 3.63) is 143 Å². The number of rotatable bonds is 24. The van der Waals surface area contributed by atoms with Crippen LogP contribution < -0.4 is 19.3 Å². The molecule has 0 aromatic heterocycles. The molecule has 0 heterocycles. The lowest BCUT2D eigenvalue weighted by Crippen LogP contribution is -2.23. The predicted octanol–water partition coefficient (Wildman–Crippen LogP) is 7.53. The highest BCUT2D eigenvalue weighted by molar-refractivity contribution is 5.98. The van der Waals surface area contributed by atoms with Crippen LogP contribution in [0.5, 0.6) is 11.5 Å². The van der Waals surface area contributed by atoms with Crippen LogP contribution in [0.15, 0.2) is 120 Å². The smallest absolute Gasteiger partial charge is 0.349 e. The fraction of sp³-hybridized carbons (Fsp3) is 0.294. The zero-order valence-electron chi connectivity index (χ0n) is 37.4. The third-order valence-corrected chi connectivity index (χ3v) is 9.55. The van der Waals surface area contributed by atoms with Crippen LogP contribution in [0.4, 0.5) is 11.4 Å². The molecule has 0 unspecified atom stereocenters. The number of carbonyl (C=O) groups excluding carboxylic acids is 4. The topological polar surface area (TPSA) is 178 Å². The molecule has 4 rings (SSSR count). The molecule has 0 saturated carbocycles. The third kappa shape index (κ3) is 17.1. The second-order valence-electron chi connectivity index (χ2n) is 15.0. The van der Waals surface area contributed by atoms with E-state index in [4.69, 9.17) is 28.4 Å². The second kappa shape index (κ2) is 25.9. The Balaban J connectivity index is 1.14. The third-order valence-electron chi connectivity index (χ3n) is 9.55.